The maximum Gasteiger partial charge on any atom is 0.274 e. The molecule has 0 spiro atoms. The van der Waals surface area contributed by atoms with E-state index in [9.17, 15) is 9.59 Å². The van der Waals surface area contributed by atoms with Crippen LogP contribution in [0.1, 0.15) is 51.2 Å². The number of aromatic nitrogens is 1. The van der Waals surface area contributed by atoms with Crippen molar-refractivity contribution in [3.8, 4) is 0 Å². The molecule has 0 saturated carbocycles. The van der Waals surface area contributed by atoms with Gasteiger partial charge in [0.15, 0.2) is 0 Å². The topological polar surface area (TPSA) is 62.3 Å². The Balaban J connectivity index is 1.79. The number of hydrogen-bond acceptors (Lipinski definition) is 3. The number of carbonyl (C=O) groups is 2. The van der Waals surface area contributed by atoms with Crippen LogP contribution in [0.5, 0.6) is 0 Å². The second-order valence-corrected chi connectivity index (χ2v) is 7.08. The van der Waals surface area contributed by atoms with Gasteiger partial charge in [0.05, 0.1) is 10.7 Å². The quantitative estimate of drug-likeness (QED) is 0.878. The number of anilines is 1. The monoisotopic (exact) mass is 371 g/mol. The Kier molecular flexibility index (Phi) is 5.57. The van der Waals surface area contributed by atoms with E-state index in [2.05, 4.69) is 10.3 Å². The molecule has 0 atom stereocenters. The van der Waals surface area contributed by atoms with Crippen LogP contribution in [0.2, 0.25) is 5.02 Å². The summed E-state index contributed by atoms with van der Waals surface area (Å²) in [6.07, 6.45) is 4.70. The molecule has 3 rings (SSSR count). The van der Waals surface area contributed by atoms with Crippen LogP contribution in [-0.2, 0) is 0 Å². The van der Waals surface area contributed by atoms with Crippen LogP contribution in [0.25, 0.3) is 0 Å². The van der Waals surface area contributed by atoms with Crippen molar-refractivity contribution in [3.05, 3.63) is 57.9 Å². The first-order valence-electron chi connectivity index (χ1n) is 8.79. The number of rotatable bonds is 3. The summed E-state index contributed by atoms with van der Waals surface area (Å²) in [6, 6.07) is 6.95. The van der Waals surface area contributed by atoms with Crippen molar-refractivity contribution in [1.82, 2.24) is 9.88 Å². The number of halogens is 1. The van der Waals surface area contributed by atoms with Crippen LogP contribution in [0.15, 0.2) is 30.5 Å². The summed E-state index contributed by atoms with van der Waals surface area (Å²) in [7, 11) is 0. The average molecular weight is 372 g/mol. The molecule has 1 aromatic carbocycles. The van der Waals surface area contributed by atoms with E-state index in [1.165, 1.54) is 6.20 Å². The standard InChI is InChI=1S/C20H22ClN3O2/c1-13-10-14(2)18(16(21)11-13)23-19(25)17-12-15(6-7-22-17)20(26)24-8-4-3-5-9-24/h6-7,10-12H,3-5,8-9H2,1-2H3,(H,23,25). The molecule has 1 aliphatic rings. The molecular weight excluding hydrogens is 350 g/mol. The lowest BCUT2D eigenvalue weighted by atomic mass is 10.1. The van der Waals surface area contributed by atoms with Crippen molar-refractivity contribution >= 4 is 29.1 Å². The summed E-state index contributed by atoms with van der Waals surface area (Å²) in [6.45, 7) is 5.36. The van der Waals surface area contributed by atoms with E-state index in [-0.39, 0.29) is 17.5 Å². The van der Waals surface area contributed by atoms with Crippen molar-refractivity contribution in [2.45, 2.75) is 33.1 Å². The molecule has 5 nitrogen and oxygen atoms in total. The summed E-state index contributed by atoms with van der Waals surface area (Å²) < 4.78 is 0. The van der Waals surface area contributed by atoms with E-state index in [0.29, 0.717) is 16.3 Å². The van der Waals surface area contributed by atoms with Crippen LogP contribution in [0.4, 0.5) is 5.69 Å². The molecule has 1 aliphatic heterocycles. The van der Waals surface area contributed by atoms with Gasteiger partial charge in [-0.2, -0.15) is 0 Å². The van der Waals surface area contributed by atoms with Gasteiger partial charge in [0, 0.05) is 24.8 Å². The number of likely N-dealkylation sites (tertiary alicyclic amines) is 1. The number of nitrogens with zero attached hydrogens (tertiary/aromatic N) is 2. The molecule has 2 amide bonds. The van der Waals surface area contributed by atoms with Gasteiger partial charge in [0.25, 0.3) is 11.8 Å². The van der Waals surface area contributed by atoms with Crippen LogP contribution in [-0.4, -0.2) is 34.8 Å². The van der Waals surface area contributed by atoms with E-state index < -0.39 is 0 Å². The van der Waals surface area contributed by atoms with E-state index in [4.69, 9.17) is 11.6 Å². The van der Waals surface area contributed by atoms with Crippen LogP contribution in [0, 0.1) is 13.8 Å². The number of carbonyl (C=O) groups excluding carboxylic acids is 2. The SMILES string of the molecule is Cc1cc(C)c(NC(=O)c2cc(C(=O)N3CCCCC3)ccn2)c(Cl)c1. The molecule has 26 heavy (non-hydrogen) atoms. The van der Waals surface area contributed by atoms with Crippen molar-refractivity contribution < 1.29 is 9.59 Å². The second kappa shape index (κ2) is 7.87. The number of piperidine rings is 1. The minimum atomic E-state index is -0.382. The molecule has 136 valence electrons. The van der Waals surface area contributed by atoms with Gasteiger partial charge in [-0.05, 0) is 62.4 Å². The Morgan fingerprint density at radius 1 is 1.12 bits per heavy atom. The Labute approximate surface area is 158 Å². The smallest absolute Gasteiger partial charge is 0.274 e. The molecule has 1 saturated heterocycles. The van der Waals surface area contributed by atoms with Crippen LogP contribution in [0.3, 0.4) is 0 Å². The Bertz CT molecular complexity index is 822. The van der Waals surface area contributed by atoms with Crippen LogP contribution < -0.4 is 5.32 Å². The van der Waals surface area contributed by atoms with E-state index in [0.717, 1.165) is 43.5 Å². The Hall–Kier alpha value is -2.40. The maximum atomic E-state index is 12.6. The third kappa shape index (κ3) is 4.05. The molecule has 0 unspecified atom stereocenters. The summed E-state index contributed by atoms with van der Waals surface area (Å²) in [5.41, 5.74) is 3.15. The molecule has 1 aromatic heterocycles. The number of amides is 2. The normalized spacial score (nSPS) is 14.2. The fourth-order valence-electron chi connectivity index (χ4n) is 3.22. The molecule has 2 heterocycles. The lowest BCUT2D eigenvalue weighted by Gasteiger charge is -2.26. The van der Waals surface area contributed by atoms with Crippen molar-refractivity contribution in [1.29, 1.82) is 0 Å². The van der Waals surface area contributed by atoms with Gasteiger partial charge in [-0.25, -0.2) is 0 Å². The maximum absolute atomic E-state index is 12.6. The first-order valence-corrected chi connectivity index (χ1v) is 9.17. The van der Waals surface area contributed by atoms with Crippen molar-refractivity contribution in [2.75, 3.05) is 18.4 Å². The molecule has 6 heteroatoms. The zero-order chi connectivity index (χ0) is 18.7. The minimum absolute atomic E-state index is 0.0503. The summed E-state index contributed by atoms with van der Waals surface area (Å²) >= 11 is 6.25. The highest BCUT2D eigenvalue weighted by Gasteiger charge is 2.20. The highest BCUT2D eigenvalue weighted by atomic mass is 35.5. The number of aryl methyl sites for hydroxylation is 2. The number of hydrogen-bond donors (Lipinski definition) is 1. The molecular formula is C20H22ClN3O2. The van der Waals surface area contributed by atoms with Gasteiger partial charge < -0.3 is 10.2 Å². The number of benzene rings is 1. The summed E-state index contributed by atoms with van der Waals surface area (Å²) in [5, 5.41) is 3.29. The van der Waals surface area contributed by atoms with E-state index >= 15 is 0 Å². The predicted molar refractivity (Wildman–Crippen MR) is 103 cm³/mol. The average Bonchev–Trinajstić information content (AvgIpc) is 2.64. The fraction of sp³-hybridized carbons (Fsp3) is 0.350. The lowest BCUT2D eigenvalue weighted by Crippen LogP contribution is -2.35. The number of pyridine rings is 1. The highest BCUT2D eigenvalue weighted by Crippen LogP contribution is 2.27. The lowest BCUT2D eigenvalue weighted by molar-refractivity contribution is 0.0724. The first kappa shape index (κ1) is 18.4. The Morgan fingerprint density at radius 3 is 2.54 bits per heavy atom. The highest BCUT2D eigenvalue weighted by molar-refractivity contribution is 6.34. The minimum Gasteiger partial charge on any atom is -0.339 e. The first-order chi connectivity index (χ1) is 12.5. The molecule has 2 aromatic rings. The number of nitrogens with one attached hydrogen (secondary N) is 1. The fourth-order valence-corrected chi connectivity index (χ4v) is 3.59. The van der Waals surface area contributed by atoms with Crippen molar-refractivity contribution in [2.24, 2.45) is 0 Å². The molecule has 0 aliphatic carbocycles. The van der Waals surface area contributed by atoms with Crippen molar-refractivity contribution in [3.63, 3.8) is 0 Å². The van der Waals surface area contributed by atoms with Gasteiger partial charge >= 0.3 is 0 Å². The zero-order valence-electron chi connectivity index (χ0n) is 15.0. The van der Waals surface area contributed by atoms with E-state index in [1.807, 2.05) is 24.8 Å². The second-order valence-electron chi connectivity index (χ2n) is 6.68. The third-order valence-corrected chi connectivity index (χ3v) is 4.85. The van der Waals surface area contributed by atoms with Gasteiger partial charge in [0.2, 0.25) is 0 Å². The Morgan fingerprint density at radius 2 is 1.85 bits per heavy atom. The summed E-state index contributed by atoms with van der Waals surface area (Å²) in [4.78, 5) is 31.2. The molecule has 1 fully saturated rings. The molecule has 1 N–H and O–H groups in total. The van der Waals surface area contributed by atoms with Gasteiger partial charge in [0.1, 0.15) is 5.69 Å². The zero-order valence-corrected chi connectivity index (χ0v) is 15.8. The van der Waals surface area contributed by atoms with Gasteiger partial charge in [-0.15, -0.1) is 0 Å². The van der Waals surface area contributed by atoms with Gasteiger partial charge in [-0.3, -0.25) is 14.6 Å². The van der Waals surface area contributed by atoms with Crippen LogP contribution >= 0.6 is 11.6 Å². The van der Waals surface area contributed by atoms with E-state index in [1.54, 1.807) is 18.2 Å². The largest absolute Gasteiger partial charge is 0.339 e. The third-order valence-electron chi connectivity index (χ3n) is 4.55. The van der Waals surface area contributed by atoms with Gasteiger partial charge in [-0.1, -0.05) is 17.7 Å². The molecule has 0 bridgehead atoms. The molecule has 0 radical (unpaired) electrons. The predicted octanol–water partition coefficient (Wildman–Crippen LogP) is 4.23. The summed E-state index contributed by atoms with van der Waals surface area (Å²) in [5.74, 6) is -0.433.